The number of hydrogen-bond acceptors (Lipinski definition) is 4. The number of amides is 1. The van der Waals surface area contributed by atoms with Crippen LogP contribution in [0.5, 0.6) is 0 Å². The molecule has 0 radical (unpaired) electrons. The van der Waals surface area contributed by atoms with Gasteiger partial charge < -0.3 is 19.8 Å². The first-order valence-electron chi connectivity index (χ1n) is 7.69. The zero-order chi connectivity index (χ0) is 17.1. The summed E-state index contributed by atoms with van der Waals surface area (Å²) in [6, 6.07) is 14.3. The second-order valence-corrected chi connectivity index (χ2v) is 6.13. The quantitative estimate of drug-likeness (QED) is 0.617. The standard InChI is InChI=1S/C18H18N2O3S/c1-11(9-15(21)12-5-3-2-4-6-12)19-17(22)13-7-8-14-16(10-13)23-18(24)20-14/h2-8,10-11,15,21H,9H2,1H3,(H,19,22)(H,20,24). The third kappa shape index (κ3) is 3.72. The Morgan fingerprint density at radius 2 is 2.04 bits per heavy atom. The Balaban J connectivity index is 1.65. The summed E-state index contributed by atoms with van der Waals surface area (Å²) < 4.78 is 5.33. The average Bonchev–Trinajstić information content (AvgIpc) is 2.94. The number of carbonyl (C=O) groups is 1. The van der Waals surface area contributed by atoms with E-state index in [1.165, 1.54) is 0 Å². The van der Waals surface area contributed by atoms with E-state index in [0.29, 0.717) is 17.6 Å². The number of aliphatic hydroxyl groups excluding tert-OH is 1. The van der Waals surface area contributed by atoms with Crippen molar-refractivity contribution < 1.29 is 14.3 Å². The van der Waals surface area contributed by atoms with Gasteiger partial charge in [0, 0.05) is 11.6 Å². The zero-order valence-corrected chi connectivity index (χ0v) is 14.0. The van der Waals surface area contributed by atoms with Gasteiger partial charge in [0.05, 0.1) is 11.6 Å². The minimum atomic E-state index is -0.619. The molecule has 0 bridgehead atoms. The molecule has 5 nitrogen and oxygen atoms in total. The largest absolute Gasteiger partial charge is 0.429 e. The Bertz CT molecular complexity index is 901. The zero-order valence-electron chi connectivity index (χ0n) is 13.2. The fraction of sp³-hybridized carbons (Fsp3) is 0.222. The summed E-state index contributed by atoms with van der Waals surface area (Å²) in [5, 5.41) is 13.1. The molecule has 1 amide bonds. The van der Waals surface area contributed by atoms with Crippen LogP contribution in [0.3, 0.4) is 0 Å². The summed E-state index contributed by atoms with van der Waals surface area (Å²) in [5.74, 6) is -0.216. The van der Waals surface area contributed by atoms with Crippen LogP contribution in [0.15, 0.2) is 52.9 Å². The number of benzene rings is 2. The number of H-pyrrole nitrogens is 1. The van der Waals surface area contributed by atoms with Gasteiger partial charge in [-0.3, -0.25) is 4.79 Å². The number of hydrogen-bond donors (Lipinski definition) is 3. The molecule has 3 aromatic rings. The first-order valence-corrected chi connectivity index (χ1v) is 8.10. The van der Waals surface area contributed by atoms with Crippen molar-refractivity contribution in [1.82, 2.24) is 10.3 Å². The van der Waals surface area contributed by atoms with Crippen molar-refractivity contribution in [3.05, 3.63) is 64.5 Å². The van der Waals surface area contributed by atoms with Crippen LogP contribution in [-0.2, 0) is 0 Å². The predicted octanol–water partition coefficient (Wildman–Crippen LogP) is 3.73. The molecule has 0 saturated heterocycles. The van der Waals surface area contributed by atoms with Crippen LogP contribution in [0, 0.1) is 4.84 Å². The molecule has 3 rings (SSSR count). The van der Waals surface area contributed by atoms with E-state index < -0.39 is 6.10 Å². The molecule has 2 unspecified atom stereocenters. The third-order valence-electron chi connectivity index (χ3n) is 3.82. The molecule has 2 atom stereocenters. The number of oxazole rings is 1. The lowest BCUT2D eigenvalue weighted by atomic mass is 10.0. The molecule has 0 aliphatic heterocycles. The van der Waals surface area contributed by atoms with E-state index in [4.69, 9.17) is 16.6 Å². The number of nitrogens with one attached hydrogen (secondary N) is 2. The van der Waals surface area contributed by atoms with Gasteiger partial charge in [0.2, 0.25) is 0 Å². The predicted molar refractivity (Wildman–Crippen MR) is 94.3 cm³/mol. The number of aromatic amines is 1. The van der Waals surface area contributed by atoms with Crippen LogP contribution in [0.1, 0.15) is 35.4 Å². The first kappa shape index (κ1) is 16.4. The molecule has 0 spiro atoms. The number of aliphatic hydroxyl groups is 1. The number of aromatic nitrogens is 1. The number of rotatable bonds is 5. The lowest BCUT2D eigenvalue weighted by Gasteiger charge is -2.18. The van der Waals surface area contributed by atoms with E-state index in [1.54, 1.807) is 18.2 Å². The highest BCUT2D eigenvalue weighted by atomic mass is 32.1. The van der Waals surface area contributed by atoms with E-state index in [1.807, 2.05) is 37.3 Å². The SMILES string of the molecule is CC(CC(O)c1ccccc1)NC(=O)c1ccc2[nH]c(=S)oc2c1. The van der Waals surface area contributed by atoms with Gasteiger partial charge >= 0.3 is 0 Å². The van der Waals surface area contributed by atoms with Gasteiger partial charge in [-0.2, -0.15) is 0 Å². The average molecular weight is 342 g/mol. The summed E-state index contributed by atoms with van der Waals surface area (Å²) in [6.07, 6.45) is -0.186. The first-order chi connectivity index (χ1) is 11.5. The Morgan fingerprint density at radius 3 is 2.79 bits per heavy atom. The van der Waals surface area contributed by atoms with Crippen molar-refractivity contribution in [2.75, 3.05) is 0 Å². The minimum absolute atomic E-state index is 0.180. The van der Waals surface area contributed by atoms with Gasteiger partial charge in [0.25, 0.3) is 10.7 Å². The van der Waals surface area contributed by atoms with Crippen LogP contribution in [0.2, 0.25) is 0 Å². The molecule has 0 saturated carbocycles. The van der Waals surface area contributed by atoms with Crippen molar-refractivity contribution in [2.24, 2.45) is 0 Å². The molecule has 1 heterocycles. The van der Waals surface area contributed by atoms with Crippen molar-refractivity contribution in [1.29, 1.82) is 0 Å². The van der Waals surface area contributed by atoms with Crippen molar-refractivity contribution >= 4 is 29.2 Å². The van der Waals surface area contributed by atoms with Crippen molar-refractivity contribution in [3.8, 4) is 0 Å². The van der Waals surface area contributed by atoms with E-state index in [9.17, 15) is 9.90 Å². The van der Waals surface area contributed by atoms with E-state index in [2.05, 4.69) is 10.3 Å². The van der Waals surface area contributed by atoms with Gasteiger partial charge in [-0.05, 0) is 49.3 Å². The van der Waals surface area contributed by atoms with E-state index >= 15 is 0 Å². The fourth-order valence-electron chi connectivity index (χ4n) is 2.60. The van der Waals surface area contributed by atoms with Gasteiger partial charge in [-0.15, -0.1) is 0 Å². The van der Waals surface area contributed by atoms with Crippen molar-refractivity contribution in [3.63, 3.8) is 0 Å². The van der Waals surface area contributed by atoms with Gasteiger partial charge in [-0.1, -0.05) is 30.3 Å². The summed E-state index contributed by atoms with van der Waals surface area (Å²) in [5.41, 5.74) is 2.62. The lowest BCUT2D eigenvalue weighted by molar-refractivity contribution is 0.0917. The molecule has 0 aliphatic carbocycles. The van der Waals surface area contributed by atoms with Crippen LogP contribution < -0.4 is 5.32 Å². The molecule has 0 aliphatic rings. The molecular formula is C18H18N2O3S. The van der Waals surface area contributed by atoms with E-state index in [0.717, 1.165) is 11.1 Å². The summed E-state index contributed by atoms with van der Waals surface area (Å²) in [7, 11) is 0. The second kappa shape index (κ2) is 6.98. The normalized spacial score (nSPS) is 13.6. The number of carbonyl (C=O) groups excluding carboxylic acids is 1. The number of fused-ring (bicyclic) bond motifs is 1. The monoisotopic (exact) mass is 342 g/mol. The Hall–Kier alpha value is -2.44. The van der Waals surface area contributed by atoms with Crippen LogP contribution in [0.4, 0.5) is 0 Å². The molecule has 3 N–H and O–H groups in total. The maximum Gasteiger partial charge on any atom is 0.266 e. The molecule has 124 valence electrons. The molecule has 2 aromatic carbocycles. The third-order valence-corrected chi connectivity index (χ3v) is 4.01. The Morgan fingerprint density at radius 1 is 1.29 bits per heavy atom. The molecule has 24 heavy (non-hydrogen) atoms. The van der Waals surface area contributed by atoms with Gasteiger partial charge in [0.1, 0.15) is 0 Å². The van der Waals surface area contributed by atoms with Crippen LogP contribution in [-0.4, -0.2) is 22.0 Å². The Kier molecular flexibility index (Phi) is 4.78. The molecular weight excluding hydrogens is 324 g/mol. The highest BCUT2D eigenvalue weighted by Gasteiger charge is 2.16. The molecule has 1 aromatic heterocycles. The van der Waals surface area contributed by atoms with Gasteiger partial charge in [0.15, 0.2) is 5.58 Å². The van der Waals surface area contributed by atoms with Crippen LogP contribution >= 0.6 is 12.2 Å². The lowest BCUT2D eigenvalue weighted by Crippen LogP contribution is -2.33. The molecule has 0 fully saturated rings. The van der Waals surface area contributed by atoms with E-state index in [-0.39, 0.29) is 16.8 Å². The van der Waals surface area contributed by atoms with Gasteiger partial charge in [-0.25, -0.2) is 0 Å². The summed E-state index contributed by atoms with van der Waals surface area (Å²) in [4.78, 5) is 15.5. The highest BCUT2D eigenvalue weighted by molar-refractivity contribution is 7.71. The molecule has 6 heteroatoms. The highest BCUT2D eigenvalue weighted by Crippen LogP contribution is 2.19. The fourth-order valence-corrected chi connectivity index (χ4v) is 2.80. The topological polar surface area (TPSA) is 78.3 Å². The van der Waals surface area contributed by atoms with Crippen LogP contribution in [0.25, 0.3) is 11.1 Å². The summed E-state index contributed by atoms with van der Waals surface area (Å²) in [6.45, 7) is 1.87. The summed E-state index contributed by atoms with van der Waals surface area (Å²) >= 11 is 4.94. The smallest absolute Gasteiger partial charge is 0.266 e. The maximum absolute atomic E-state index is 12.4. The Labute approximate surface area is 144 Å². The minimum Gasteiger partial charge on any atom is -0.429 e. The second-order valence-electron chi connectivity index (χ2n) is 5.76. The maximum atomic E-state index is 12.4. The van der Waals surface area contributed by atoms with Crippen molar-refractivity contribution in [2.45, 2.75) is 25.5 Å².